The molecule has 10 heteroatoms. The highest BCUT2D eigenvalue weighted by atomic mass is 19.1. The number of carboxylic acid groups (broad SMARTS) is 1. The molecule has 0 spiro atoms. The van der Waals surface area contributed by atoms with E-state index in [1.165, 1.54) is 18.2 Å². The van der Waals surface area contributed by atoms with Gasteiger partial charge in [0, 0.05) is 18.8 Å². The molecule has 2 saturated heterocycles. The molecule has 1 aromatic rings. The third kappa shape index (κ3) is 6.26. The van der Waals surface area contributed by atoms with E-state index >= 15 is 0 Å². The Kier molecular flexibility index (Phi) is 9.06. The molecule has 1 aromatic carbocycles. The molecule has 2 aliphatic heterocycles. The normalized spacial score (nSPS) is 28.7. The van der Waals surface area contributed by atoms with Crippen molar-refractivity contribution in [3.63, 3.8) is 0 Å². The van der Waals surface area contributed by atoms with Gasteiger partial charge < -0.3 is 28.8 Å². The number of hydrogen-bond donors (Lipinski definition) is 2. The monoisotopic (exact) mass is 530 g/mol. The number of aliphatic hydroxyl groups is 1. The number of benzene rings is 1. The number of aromatic carboxylic acids is 1. The zero-order valence-corrected chi connectivity index (χ0v) is 23.8. The fourth-order valence-electron chi connectivity index (χ4n) is 4.97. The number of rotatable bonds is 9. The molecule has 0 amide bonds. The summed E-state index contributed by atoms with van der Waals surface area (Å²) in [6.07, 6.45) is 1.30. The highest BCUT2D eigenvalue weighted by Gasteiger charge is 2.58. The molecular weight excluding hydrogens is 489 g/mol. The molecule has 0 radical (unpaired) electrons. The maximum atomic E-state index is 14.1. The Labute approximate surface area is 226 Å². The van der Waals surface area contributed by atoms with Crippen LogP contribution in [0.2, 0.25) is 0 Å². The summed E-state index contributed by atoms with van der Waals surface area (Å²) in [5.41, 5.74) is -0.362. The zero-order chi connectivity index (χ0) is 28.6. The van der Waals surface area contributed by atoms with Gasteiger partial charge in [-0.3, -0.25) is 0 Å². The zero-order valence-electron chi connectivity index (χ0n) is 23.8. The highest BCUT2D eigenvalue weighted by Crippen LogP contribution is 2.46. The minimum atomic E-state index is -1.20. The molecule has 2 aliphatic rings. The van der Waals surface area contributed by atoms with Crippen LogP contribution >= 0.6 is 0 Å². The minimum absolute atomic E-state index is 0.0478. The minimum Gasteiger partial charge on any atom is -0.478 e. The second kappa shape index (κ2) is 11.3. The van der Waals surface area contributed by atoms with E-state index < -0.39 is 49.3 Å². The summed E-state index contributed by atoms with van der Waals surface area (Å²) in [4.78, 5) is 11.8. The van der Waals surface area contributed by atoms with Crippen molar-refractivity contribution >= 4 is 25.7 Å². The fourth-order valence-corrected chi connectivity index (χ4v) is 4.97. The molecule has 0 saturated carbocycles. The third-order valence-corrected chi connectivity index (χ3v) is 8.34. The van der Waals surface area contributed by atoms with Crippen LogP contribution in [0, 0.1) is 5.92 Å². The molecule has 2 heterocycles. The average Bonchev–Trinajstić information content (AvgIpc) is 3.07. The molecule has 2 N–H and O–H groups in total. The van der Waals surface area contributed by atoms with Crippen molar-refractivity contribution in [1.29, 1.82) is 0 Å². The van der Waals surface area contributed by atoms with Crippen LogP contribution in [0.5, 0.6) is 0 Å². The summed E-state index contributed by atoms with van der Waals surface area (Å²) >= 11 is 0. The van der Waals surface area contributed by atoms with Crippen LogP contribution in [0.25, 0.3) is 0 Å². The SMILES string of the molecule is C=CC(F)C/C(=C\C)B1OC(C)(C)C(C)(CC2OB(c3cc(C(=O)O)cc(C(C)O)c3)OC(C)(C)C2C)O1. The van der Waals surface area contributed by atoms with E-state index in [1.807, 2.05) is 47.6 Å². The molecule has 0 aromatic heterocycles. The van der Waals surface area contributed by atoms with Crippen LogP contribution < -0.4 is 5.46 Å². The van der Waals surface area contributed by atoms with Gasteiger partial charge in [0.1, 0.15) is 6.17 Å². The van der Waals surface area contributed by atoms with Crippen molar-refractivity contribution in [3.05, 3.63) is 53.5 Å². The first-order chi connectivity index (χ1) is 17.5. The summed E-state index contributed by atoms with van der Waals surface area (Å²) in [5, 5.41) is 19.8. The number of carboxylic acids is 1. The van der Waals surface area contributed by atoms with Crippen molar-refractivity contribution < 1.29 is 38.0 Å². The lowest BCUT2D eigenvalue weighted by Gasteiger charge is -2.48. The standard InChI is InChI=1S/C28H41B2FO7/c1-10-21(15-23(31)11-2)30-37-27(7,8)28(9,38-30)16-24-17(3)26(5,6)36-29(35-24)22-13-19(18(4)32)12-20(14-22)25(33)34/h10-14,17-18,23-24,32H,2,15-16H2,1,3-9H3,(H,33,34)/b21-10+. The van der Waals surface area contributed by atoms with Gasteiger partial charge in [-0.1, -0.05) is 25.1 Å². The first-order valence-corrected chi connectivity index (χ1v) is 13.2. The molecule has 3 rings (SSSR count). The predicted molar refractivity (Wildman–Crippen MR) is 147 cm³/mol. The number of hydrogen-bond acceptors (Lipinski definition) is 6. The lowest BCUT2D eigenvalue weighted by Crippen LogP contribution is -2.60. The maximum absolute atomic E-state index is 14.1. The van der Waals surface area contributed by atoms with E-state index in [4.69, 9.17) is 18.6 Å². The number of allylic oxidation sites excluding steroid dienone is 3. The fraction of sp³-hybridized carbons (Fsp3) is 0.607. The molecular formula is C28H41B2FO7. The summed E-state index contributed by atoms with van der Waals surface area (Å²) in [6.45, 7) is 18.9. The largest absolute Gasteiger partial charge is 0.494 e. The Morgan fingerprint density at radius 2 is 1.84 bits per heavy atom. The van der Waals surface area contributed by atoms with Gasteiger partial charge in [0.2, 0.25) is 0 Å². The van der Waals surface area contributed by atoms with Crippen LogP contribution in [-0.2, 0) is 18.6 Å². The van der Waals surface area contributed by atoms with Gasteiger partial charge in [0.05, 0.1) is 34.6 Å². The molecule has 5 unspecified atom stereocenters. The smallest absolute Gasteiger partial charge is 0.478 e. The van der Waals surface area contributed by atoms with E-state index in [2.05, 4.69) is 13.5 Å². The molecule has 208 valence electrons. The van der Waals surface area contributed by atoms with Crippen LogP contribution in [0.15, 0.2) is 42.4 Å². The van der Waals surface area contributed by atoms with Crippen molar-refractivity contribution in [1.82, 2.24) is 0 Å². The second-order valence-electron chi connectivity index (χ2n) is 11.7. The van der Waals surface area contributed by atoms with Crippen LogP contribution in [0.4, 0.5) is 4.39 Å². The Hall–Kier alpha value is -1.97. The van der Waals surface area contributed by atoms with Gasteiger partial charge >= 0.3 is 20.2 Å². The van der Waals surface area contributed by atoms with Crippen molar-refractivity contribution in [2.45, 2.75) is 103 Å². The Morgan fingerprint density at radius 3 is 2.39 bits per heavy atom. The van der Waals surface area contributed by atoms with E-state index in [0.717, 1.165) is 0 Å². The number of aliphatic hydroxyl groups excluding tert-OH is 1. The van der Waals surface area contributed by atoms with Crippen molar-refractivity contribution in [2.24, 2.45) is 5.92 Å². The number of carbonyl (C=O) groups is 1. The first kappa shape index (κ1) is 30.6. The van der Waals surface area contributed by atoms with E-state index in [9.17, 15) is 19.4 Å². The Morgan fingerprint density at radius 1 is 1.18 bits per heavy atom. The van der Waals surface area contributed by atoms with Gasteiger partial charge in [-0.15, -0.1) is 6.58 Å². The van der Waals surface area contributed by atoms with Crippen LogP contribution in [0.3, 0.4) is 0 Å². The maximum Gasteiger partial charge on any atom is 0.494 e. The lowest BCUT2D eigenvalue weighted by atomic mass is 9.69. The van der Waals surface area contributed by atoms with Gasteiger partial charge in [-0.2, -0.15) is 0 Å². The quantitative estimate of drug-likeness (QED) is 0.349. The number of halogens is 1. The molecule has 0 aliphatic carbocycles. The molecule has 2 fully saturated rings. The van der Waals surface area contributed by atoms with Crippen LogP contribution in [0.1, 0.15) is 90.3 Å². The first-order valence-electron chi connectivity index (χ1n) is 13.2. The number of alkyl halides is 1. The van der Waals surface area contributed by atoms with E-state index in [0.29, 0.717) is 22.9 Å². The van der Waals surface area contributed by atoms with Crippen LogP contribution in [-0.4, -0.2) is 59.5 Å². The molecule has 0 bridgehead atoms. The molecule has 38 heavy (non-hydrogen) atoms. The van der Waals surface area contributed by atoms with E-state index in [1.54, 1.807) is 13.0 Å². The van der Waals surface area contributed by atoms with Gasteiger partial charge in [0.25, 0.3) is 0 Å². The van der Waals surface area contributed by atoms with Gasteiger partial charge in [0.15, 0.2) is 0 Å². The Balaban J connectivity index is 1.91. The topological polar surface area (TPSA) is 94.5 Å². The summed E-state index contributed by atoms with van der Waals surface area (Å²) in [7, 11) is -1.54. The average molecular weight is 530 g/mol. The summed E-state index contributed by atoms with van der Waals surface area (Å²) in [5.74, 6) is -1.15. The summed E-state index contributed by atoms with van der Waals surface area (Å²) in [6, 6.07) is 4.68. The molecule has 7 nitrogen and oxygen atoms in total. The van der Waals surface area contributed by atoms with Gasteiger partial charge in [-0.05, 0) is 77.1 Å². The van der Waals surface area contributed by atoms with Crippen molar-refractivity contribution in [3.8, 4) is 0 Å². The van der Waals surface area contributed by atoms with E-state index in [-0.39, 0.29) is 24.0 Å². The summed E-state index contributed by atoms with van der Waals surface area (Å²) < 4.78 is 39.8. The van der Waals surface area contributed by atoms with Gasteiger partial charge in [-0.25, -0.2) is 9.18 Å². The highest BCUT2D eigenvalue weighted by molar-refractivity contribution is 6.61. The Bertz CT molecular complexity index is 1070. The van der Waals surface area contributed by atoms with Crippen molar-refractivity contribution in [2.75, 3.05) is 0 Å². The predicted octanol–water partition coefficient (Wildman–Crippen LogP) is 4.83. The third-order valence-electron chi connectivity index (χ3n) is 8.34. The molecule has 5 atom stereocenters. The second-order valence-corrected chi connectivity index (χ2v) is 11.7. The lowest BCUT2D eigenvalue weighted by molar-refractivity contribution is -0.114.